The van der Waals surface area contributed by atoms with Crippen LogP contribution in [0.4, 0.5) is 0 Å². The lowest BCUT2D eigenvalue weighted by Gasteiger charge is -2.14. The van der Waals surface area contributed by atoms with E-state index in [1.165, 1.54) is 4.88 Å². The smallest absolute Gasteiger partial charge is 0.233 e. The Balaban J connectivity index is 2.11. The maximum atomic E-state index is 5.00. The third-order valence-corrected chi connectivity index (χ3v) is 3.46. The fourth-order valence-electron chi connectivity index (χ4n) is 1.61. The van der Waals surface area contributed by atoms with Crippen LogP contribution in [0.15, 0.2) is 29.6 Å². The molecule has 5 heteroatoms. The normalized spacial score (nSPS) is 12.4. The minimum absolute atomic E-state index is 0.187. The summed E-state index contributed by atoms with van der Waals surface area (Å²) in [4.78, 5) is 1.34. The van der Waals surface area contributed by atoms with Crippen molar-refractivity contribution >= 4 is 11.3 Å². The van der Waals surface area contributed by atoms with Crippen LogP contribution in [0, 0.1) is 0 Å². The molecule has 0 amide bonds. The predicted octanol–water partition coefficient (Wildman–Crippen LogP) is 2.05. The fraction of sp³-hybridized carbons (Fsp3) is 0.333. The number of aromatic nitrogens is 2. The zero-order valence-electron chi connectivity index (χ0n) is 9.88. The monoisotopic (exact) mass is 249 g/mol. The summed E-state index contributed by atoms with van der Waals surface area (Å²) in [5, 5.41) is 13.5. The zero-order chi connectivity index (χ0) is 12.1. The second-order valence-electron chi connectivity index (χ2n) is 3.63. The van der Waals surface area contributed by atoms with E-state index in [1.54, 1.807) is 18.4 Å². The van der Waals surface area contributed by atoms with Crippen molar-refractivity contribution < 1.29 is 4.74 Å². The highest BCUT2D eigenvalue weighted by atomic mass is 32.1. The maximum absolute atomic E-state index is 5.00. The van der Waals surface area contributed by atoms with E-state index < -0.39 is 0 Å². The minimum Gasteiger partial charge on any atom is -0.480 e. The van der Waals surface area contributed by atoms with Gasteiger partial charge in [0, 0.05) is 17.4 Å². The molecule has 0 aliphatic heterocycles. The highest BCUT2D eigenvalue weighted by Gasteiger charge is 2.12. The van der Waals surface area contributed by atoms with Gasteiger partial charge in [0.05, 0.1) is 18.8 Å². The van der Waals surface area contributed by atoms with Crippen LogP contribution in [-0.4, -0.2) is 24.4 Å². The first-order chi connectivity index (χ1) is 8.33. The molecule has 0 radical (unpaired) electrons. The molecule has 4 nitrogen and oxygen atoms in total. The Kier molecular flexibility index (Phi) is 4.06. The van der Waals surface area contributed by atoms with Crippen molar-refractivity contribution in [1.82, 2.24) is 15.5 Å². The molecule has 0 aromatic carbocycles. The van der Waals surface area contributed by atoms with Crippen molar-refractivity contribution in [3.05, 3.63) is 40.2 Å². The quantitative estimate of drug-likeness (QED) is 0.881. The Hall–Kier alpha value is -1.46. The predicted molar refractivity (Wildman–Crippen MR) is 68.4 cm³/mol. The molecule has 0 saturated heterocycles. The second kappa shape index (κ2) is 5.75. The Morgan fingerprint density at radius 1 is 1.35 bits per heavy atom. The van der Waals surface area contributed by atoms with Gasteiger partial charge in [-0.05, 0) is 24.6 Å². The fourth-order valence-corrected chi connectivity index (χ4v) is 2.36. The van der Waals surface area contributed by atoms with Gasteiger partial charge in [0.25, 0.3) is 0 Å². The molecule has 1 N–H and O–H groups in total. The van der Waals surface area contributed by atoms with Crippen molar-refractivity contribution in [2.24, 2.45) is 0 Å². The Bertz CT molecular complexity index is 441. The molecule has 2 rings (SSSR count). The summed E-state index contributed by atoms with van der Waals surface area (Å²) >= 11 is 1.76. The molecule has 2 aromatic rings. The van der Waals surface area contributed by atoms with Crippen molar-refractivity contribution in [3.8, 4) is 5.88 Å². The number of methoxy groups -OCH3 is 1. The van der Waals surface area contributed by atoms with Crippen LogP contribution in [0.25, 0.3) is 0 Å². The summed E-state index contributed by atoms with van der Waals surface area (Å²) in [5.74, 6) is 0.541. The van der Waals surface area contributed by atoms with Gasteiger partial charge in [0.1, 0.15) is 0 Å². The van der Waals surface area contributed by atoms with Crippen LogP contribution in [0.2, 0.25) is 0 Å². The van der Waals surface area contributed by atoms with Gasteiger partial charge in [-0.15, -0.1) is 16.4 Å². The van der Waals surface area contributed by atoms with Crippen LogP contribution in [0.5, 0.6) is 5.88 Å². The van der Waals surface area contributed by atoms with Crippen LogP contribution in [0.3, 0.4) is 0 Å². The first kappa shape index (κ1) is 12.0. The van der Waals surface area contributed by atoms with Crippen molar-refractivity contribution in [2.45, 2.75) is 12.5 Å². The minimum atomic E-state index is 0.187. The Morgan fingerprint density at radius 3 is 2.76 bits per heavy atom. The molecular formula is C12H15N3OS. The summed E-state index contributed by atoms with van der Waals surface area (Å²) in [7, 11) is 3.52. The molecular weight excluding hydrogens is 234 g/mol. The molecule has 1 unspecified atom stereocenters. The average Bonchev–Trinajstić information content (AvgIpc) is 2.89. The molecule has 1 atom stereocenters. The molecule has 2 aromatic heterocycles. The van der Waals surface area contributed by atoms with Crippen molar-refractivity contribution in [2.75, 3.05) is 14.2 Å². The van der Waals surface area contributed by atoms with Gasteiger partial charge < -0.3 is 10.1 Å². The molecule has 0 aliphatic rings. The summed E-state index contributed by atoms with van der Waals surface area (Å²) in [6, 6.07) is 8.16. The Labute approximate surface area is 105 Å². The summed E-state index contributed by atoms with van der Waals surface area (Å²) in [5.41, 5.74) is 0.932. The van der Waals surface area contributed by atoms with Crippen LogP contribution in [0.1, 0.15) is 16.6 Å². The largest absolute Gasteiger partial charge is 0.480 e. The molecule has 0 spiro atoms. The average molecular weight is 249 g/mol. The zero-order valence-corrected chi connectivity index (χ0v) is 10.7. The lowest BCUT2D eigenvalue weighted by molar-refractivity contribution is 0.389. The maximum Gasteiger partial charge on any atom is 0.233 e. The number of hydrogen-bond donors (Lipinski definition) is 1. The third kappa shape index (κ3) is 3.01. The van der Waals surface area contributed by atoms with Crippen molar-refractivity contribution in [1.29, 1.82) is 0 Å². The van der Waals surface area contributed by atoms with Gasteiger partial charge >= 0.3 is 0 Å². The van der Waals surface area contributed by atoms with Gasteiger partial charge in [0.15, 0.2) is 0 Å². The summed E-state index contributed by atoms with van der Waals surface area (Å²) in [6.45, 7) is 0. The number of nitrogens with zero attached hydrogens (tertiary/aromatic N) is 2. The lowest BCUT2D eigenvalue weighted by atomic mass is 10.1. The van der Waals surface area contributed by atoms with E-state index in [-0.39, 0.29) is 6.04 Å². The third-order valence-electron chi connectivity index (χ3n) is 2.56. The standard InChI is InChI=1S/C12H15N3OS/c1-13-11(8-9-4-3-7-17-9)10-5-6-12(16-2)15-14-10/h3-7,11,13H,8H2,1-2H3. The molecule has 0 aliphatic carbocycles. The molecule has 0 saturated carbocycles. The number of thiophene rings is 1. The molecule has 90 valence electrons. The van der Waals surface area contributed by atoms with E-state index in [2.05, 4.69) is 33.0 Å². The molecule has 17 heavy (non-hydrogen) atoms. The Morgan fingerprint density at radius 2 is 2.24 bits per heavy atom. The number of likely N-dealkylation sites (N-methyl/N-ethyl adjacent to an activating group) is 1. The van der Waals surface area contributed by atoms with E-state index in [9.17, 15) is 0 Å². The first-order valence-corrected chi connectivity index (χ1v) is 6.28. The van der Waals surface area contributed by atoms with E-state index in [0.717, 1.165) is 12.1 Å². The number of hydrogen-bond acceptors (Lipinski definition) is 5. The van der Waals surface area contributed by atoms with E-state index in [0.29, 0.717) is 5.88 Å². The van der Waals surface area contributed by atoms with E-state index >= 15 is 0 Å². The van der Waals surface area contributed by atoms with Gasteiger partial charge in [-0.25, -0.2) is 0 Å². The van der Waals surface area contributed by atoms with Crippen molar-refractivity contribution in [3.63, 3.8) is 0 Å². The van der Waals surface area contributed by atoms with Crippen LogP contribution >= 0.6 is 11.3 Å². The van der Waals surface area contributed by atoms with Crippen LogP contribution < -0.4 is 10.1 Å². The van der Waals surface area contributed by atoms with Gasteiger partial charge in [-0.1, -0.05) is 6.07 Å². The summed E-state index contributed by atoms with van der Waals surface area (Å²) < 4.78 is 5.00. The highest BCUT2D eigenvalue weighted by Crippen LogP contribution is 2.20. The number of rotatable bonds is 5. The first-order valence-electron chi connectivity index (χ1n) is 5.40. The van der Waals surface area contributed by atoms with E-state index in [1.807, 2.05) is 19.2 Å². The molecule has 0 fully saturated rings. The van der Waals surface area contributed by atoms with Gasteiger partial charge in [-0.2, -0.15) is 5.10 Å². The highest BCUT2D eigenvalue weighted by molar-refractivity contribution is 7.09. The van der Waals surface area contributed by atoms with E-state index in [4.69, 9.17) is 4.74 Å². The lowest BCUT2D eigenvalue weighted by Crippen LogP contribution is -2.20. The van der Waals surface area contributed by atoms with Gasteiger partial charge in [-0.3, -0.25) is 0 Å². The second-order valence-corrected chi connectivity index (χ2v) is 4.66. The number of nitrogens with one attached hydrogen (secondary N) is 1. The molecule has 2 heterocycles. The topological polar surface area (TPSA) is 47.0 Å². The number of ether oxygens (including phenoxy) is 1. The van der Waals surface area contributed by atoms with Crippen LogP contribution in [-0.2, 0) is 6.42 Å². The van der Waals surface area contributed by atoms with Gasteiger partial charge in [0.2, 0.25) is 5.88 Å². The SMILES string of the molecule is CNC(Cc1cccs1)c1ccc(OC)nn1. The summed E-state index contributed by atoms with van der Waals surface area (Å²) in [6.07, 6.45) is 0.926. The molecule has 0 bridgehead atoms.